The molecule has 0 atom stereocenters. The van der Waals surface area contributed by atoms with Crippen molar-refractivity contribution in [2.45, 2.75) is 26.8 Å². The van der Waals surface area contributed by atoms with Crippen molar-refractivity contribution in [1.82, 2.24) is 14.7 Å². The minimum Gasteiger partial charge on any atom is -0.304 e. The first-order chi connectivity index (χ1) is 12.3. The molecule has 3 heteroatoms. The van der Waals surface area contributed by atoms with E-state index >= 15 is 0 Å². The summed E-state index contributed by atoms with van der Waals surface area (Å²) in [5, 5.41) is 4.90. The second-order valence-corrected chi connectivity index (χ2v) is 6.27. The van der Waals surface area contributed by atoms with Gasteiger partial charge in [-0.15, -0.1) is 0 Å². The highest BCUT2D eigenvalue weighted by atomic mass is 15.3. The maximum absolute atomic E-state index is 4.90. The molecule has 0 fully saturated rings. The predicted molar refractivity (Wildman–Crippen MR) is 106 cm³/mol. The zero-order valence-corrected chi connectivity index (χ0v) is 15.2. The maximum Gasteiger partial charge on any atom is 0.100 e. The van der Waals surface area contributed by atoms with E-state index in [-0.39, 0.29) is 0 Å². The lowest BCUT2D eigenvalue weighted by Gasteiger charge is -2.17. The Kier molecular flexibility index (Phi) is 6.02. The lowest BCUT2D eigenvalue weighted by atomic mass is 10.0. The highest BCUT2D eigenvalue weighted by Crippen LogP contribution is 2.30. The van der Waals surface area contributed by atoms with Gasteiger partial charge in [-0.2, -0.15) is 5.10 Å². The number of aromatic nitrogens is 2. The van der Waals surface area contributed by atoms with Crippen LogP contribution in [-0.2, 0) is 6.54 Å². The van der Waals surface area contributed by atoms with Gasteiger partial charge in [0.15, 0.2) is 0 Å². The highest BCUT2D eigenvalue weighted by molar-refractivity contribution is 5.80. The van der Waals surface area contributed by atoms with Gasteiger partial charge in [0.1, 0.15) is 5.69 Å². The molecule has 3 rings (SSSR count). The summed E-state index contributed by atoms with van der Waals surface area (Å²) in [5.41, 5.74) is 4.66. The van der Waals surface area contributed by atoms with Crippen LogP contribution in [0, 0.1) is 0 Å². The van der Waals surface area contributed by atoms with E-state index in [4.69, 9.17) is 5.10 Å². The maximum atomic E-state index is 4.90. The summed E-state index contributed by atoms with van der Waals surface area (Å²) in [4.78, 5) is 2.46. The van der Waals surface area contributed by atoms with Crippen LogP contribution in [0.5, 0.6) is 0 Å². The van der Waals surface area contributed by atoms with Gasteiger partial charge in [0, 0.05) is 23.9 Å². The van der Waals surface area contributed by atoms with Crippen molar-refractivity contribution in [3.8, 4) is 22.4 Å². The molecule has 0 spiro atoms. The summed E-state index contributed by atoms with van der Waals surface area (Å²) in [6.45, 7) is 8.73. The lowest BCUT2D eigenvalue weighted by Crippen LogP contribution is -2.24. The van der Waals surface area contributed by atoms with Crippen molar-refractivity contribution in [1.29, 1.82) is 0 Å². The molecule has 2 aromatic carbocycles. The monoisotopic (exact) mass is 333 g/mol. The fourth-order valence-electron chi connectivity index (χ4n) is 3.17. The first kappa shape index (κ1) is 17.4. The van der Waals surface area contributed by atoms with Crippen LogP contribution in [0.1, 0.15) is 20.3 Å². The Labute approximate surface area is 150 Å². The Balaban J connectivity index is 1.85. The van der Waals surface area contributed by atoms with E-state index in [0.717, 1.165) is 38.3 Å². The fourth-order valence-corrected chi connectivity index (χ4v) is 3.17. The van der Waals surface area contributed by atoms with Crippen molar-refractivity contribution in [2.24, 2.45) is 0 Å². The number of rotatable bonds is 8. The number of aryl methyl sites for hydroxylation is 1. The van der Waals surface area contributed by atoms with Gasteiger partial charge in [-0.1, -0.05) is 74.5 Å². The Bertz CT molecular complexity index is 701. The summed E-state index contributed by atoms with van der Waals surface area (Å²) in [5.74, 6) is 0. The lowest BCUT2D eigenvalue weighted by molar-refractivity contribution is 0.291. The highest BCUT2D eigenvalue weighted by Gasteiger charge is 2.12. The third kappa shape index (κ3) is 4.37. The molecular weight excluding hydrogens is 306 g/mol. The van der Waals surface area contributed by atoms with Crippen LogP contribution in [0.25, 0.3) is 22.4 Å². The molecule has 0 N–H and O–H groups in total. The molecule has 3 nitrogen and oxygen atoms in total. The van der Waals surface area contributed by atoms with Crippen LogP contribution in [-0.4, -0.2) is 34.3 Å². The SMILES string of the molecule is CCN(CC)CCCn1cc(-c2ccccc2)c(-c2ccccc2)n1. The van der Waals surface area contributed by atoms with Gasteiger partial charge in [0.05, 0.1) is 0 Å². The molecule has 1 aromatic heterocycles. The summed E-state index contributed by atoms with van der Waals surface area (Å²) >= 11 is 0. The van der Waals surface area contributed by atoms with Gasteiger partial charge in [0.25, 0.3) is 0 Å². The second-order valence-electron chi connectivity index (χ2n) is 6.27. The van der Waals surface area contributed by atoms with Gasteiger partial charge < -0.3 is 4.90 Å². The van der Waals surface area contributed by atoms with E-state index in [0.29, 0.717) is 0 Å². The van der Waals surface area contributed by atoms with E-state index in [2.05, 4.69) is 84.2 Å². The van der Waals surface area contributed by atoms with Crippen LogP contribution in [0.4, 0.5) is 0 Å². The molecule has 25 heavy (non-hydrogen) atoms. The molecule has 0 bridgehead atoms. The van der Waals surface area contributed by atoms with Crippen molar-refractivity contribution in [2.75, 3.05) is 19.6 Å². The van der Waals surface area contributed by atoms with E-state index in [1.54, 1.807) is 0 Å². The van der Waals surface area contributed by atoms with Crippen LogP contribution < -0.4 is 0 Å². The van der Waals surface area contributed by atoms with Gasteiger partial charge >= 0.3 is 0 Å². The third-order valence-electron chi connectivity index (χ3n) is 4.65. The van der Waals surface area contributed by atoms with Crippen LogP contribution in [0.3, 0.4) is 0 Å². The minimum absolute atomic E-state index is 0.948. The molecule has 3 aromatic rings. The predicted octanol–water partition coefficient (Wildman–Crippen LogP) is 4.95. The zero-order chi connectivity index (χ0) is 17.5. The number of benzene rings is 2. The van der Waals surface area contributed by atoms with Gasteiger partial charge in [-0.25, -0.2) is 0 Å². The van der Waals surface area contributed by atoms with Gasteiger partial charge in [-0.3, -0.25) is 4.68 Å². The molecule has 0 saturated carbocycles. The molecule has 1 heterocycles. The van der Waals surface area contributed by atoms with E-state index in [1.807, 2.05) is 6.07 Å². The molecule has 0 saturated heterocycles. The Morgan fingerprint density at radius 2 is 1.44 bits per heavy atom. The van der Waals surface area contributed by atoms with Crippen molar-refractivity contribution in [3.05, 3.63) is 66.9 Å². The first-order valence-corrected chi connectivity index (χ1v) is 9.22. The molecule has 130 valence electrons. The zero-order valence-electron chi connectivity index (χ0n) is 15.2. The summed E-state index contributed by atoms with van der Waals surface area (Å²) in [6, 6.07) is 21.0. The van der Waals surface area contributed by atoms with E-state index in [9.17, 15) is 0 Å². The molecule has 0 aliphatic heterocycles. The molecule has 0 amide bonds. The molecule has 0 radical (unpaired) electrons. The minimum atomic E-state index is 0.948. The number of nitrogens with zero attached hydrogens (tertiary/aromatic N) is 3. The quantitative estimate of drug-likeness (QED) is 0.581. The topological polar surface area (TPSA) is 21.1 Å². The van der Waals surface area contributed by atoms with Crippen LogP contribution in [0.15, 0.2) is 66.9 Å². The average Bonchev–Trinajstić information content (AvgIpc) is 3.11. The average molecular weight is 333 g/mol. The normalized spacial score (nSPS) is 11.2. The number of hydrogen-bond donors (Lipinski definition) is 0. The molecular formula is C22H27N3. The van der Waals surface area contributed by atoms with Crippen molar-refractivity contribution in [3.63, 3.8) is 0 Å². The molecule has 0 aliphatic rings. The van der Waals surface area contributed by atoms with Crippen molar-refractivity contribution >= 4 is 0 Å². The largest absolute Gasteiger partial charge is 0.304 e. The number of hydrogen-bond acceptors (Lipinski definition) is 2. The third-order valence-corrected chi connectivity index (χ3v) is 4.65. The Morgan fingerprint density at radius 1 is 0.840 bits per heavy atom. The van der Waals surface area contributed by atoms with E-state index < -0.39 is 0 Å². The summed E-state index contributed by atoms with van der Waals surface area (Å²) in [7, 11) is 0. The van der Waals surface area contributed by atoms with Crippen LogP contribution in [0.2, 0.25) is 0 Å². The Hall–Kier alpha value is -2.39. The fraction of sp³-hybridized carbons (Fsp3) is 0.318. The first-order valence-electron chi connectivity index (χ1n) is 9.22. The smallest absolute Gasteiger partial charge is 0.100 e. The molecule has 0 aliphatic carbocycles. The Morgan fingerprint density at radius 3 is 2.04 bits per heavy atom. The molecule has 0 unspecified atom stereocenters. The van der Waals surface area contributed by atoms with Gasteiger partial charge in [-0.05, 0) is 31.6 Å². The summed E-state index contributed by atoms with van der Waals surface area (Å²) in [6.07, 6.45) is 3.31. The van der Waals surface area contributed by atoms with E-state index in [1.165, 1.54) is 16.7 Å². The second kappa shape index (κ2) is 8.63. The van der Waals surface area contributed by atoms with Gasteiger partial charge in [0.2, 0.25) is 0 Å². The summed E-state index contributed by atoms with van der Waals surface area (Å²) < 4.78 is 2.11. The van der Waals surface area contributed by atoms with Crippen molar-refractivity contribution < 1.29 is 0 Å². The standard InChI is InChI=1S/C22H27N3/c1-3-24(4-2)16-11-17-25-18-21(19-12-7-5-8-13-19)22(23-25)20-14-9-6-10-15-20/h5-10,12-15,18H,3-4,11,16-17H2,1-2H3. The van der Waals surface area contributed by atoms with Crippen LogP contribution >= 0.6 is 0 Å².